The van der Waals surface area contributed by atoms with Gasteiger partial charge in [-0.25, -0.2) is 4.98 Å². The van der Waals surface area contributed by atoms with Crippen LogP contribution in [0.25, 0.3) is 10.2 Å². The van der Waals surface area contributed by atoms with Crippen LogP contribution in [0.4, 0.5) is 0 Å². The number of ether oxygens (including phenoxy) is 1. The van der Waals surface area contributed by atoms with Gasteiger partial charge in [0.1, 0.15) is 12.4 Å². The fourth-order valence-electron chi connectivity index (χ4n) is 1.32. The molecule has 0 amide bonds. The average Bonchev–Trinajstić information content (AvgIpc) is 2.59. The number of thiazole rings is 1. The Balaban J connectivity index is 2.33. The van der Waals surface area contributed by atoms with Crippen LogP contribution in [0, 0.1) is 6.92 Å². The van der Waals surface area contributed by atoms with Crippen molar-refractivity contribution >= 4 is 33.2 Å². The Morgan fingerprint density at radius 1 is 1.53 bits per heavy atom. The van der Waals surface area contributed by atoms with Crippen LogP contribution in [-0.2, 0) is 0 Å². The van der Waals surface area contributed by atoms with Crippen LogP contribution in [0.2, 0.25) is 0 Å². The third-order valence-corrected chi connectivity index (χ3v) is 3.09. The molecule has 1 aromatic carbocycles. The summed E-state index contributed by atoms with van der Waals surface area (Å²) in [5.74, 6) is 0.868. The molecule has 2 nitrogen and oxygen atoms in total. The number of fused-ring (bicyclic) bond motifs is 1. The van der Waals surface area contributed by atoms with Crippen molar-refractivity contribution in [2.24, 2.45) is 0 Å². The van der Waals surface area contributed by atoms with E-state index < -0.39 is 0 Å². The molecule has 0 bridgehead atoms. The lowest BCUT2D eigenvalue weighted by atomic mass is 10.3. The highest BCUT2D eigenvalue weighted by molar-refractivity contribution is 7.18. The second kappa shape index (κ2) is 4.64. The van der Waals surface area contributed by atoms with Crippen molar-refractivity contribution in [3.63, 3.8) is 0 Å². The molecule has 0 aliphatic carbocycles. The molecule has 0 spiro atoms. The monoisotopic (exact) mass is 239 g/mol. The smallest absolute Gasteiger partial charge is 0.139 e. The van der Waals surface area contributed by atoms with Gasteiger partial charge in [0.2, 0.25) is 0 Å². The Bertz CT molecular complexity index is 492. The molecule has 0 saturated heterocycles. The molecule has 2 rings (SSSR count). The van der Waals surface area contributed by atoms with Crippen molar-refractivity contribution < 1.29 is 4.74 Å². The van der Waals surface area contributed by atoms with E-state index in [1.54, 1.807) is 17.4 Å². The van der Waals surface area contributed by atoms with Gasteiger partial charge < -0.3 is 4.74 Å². The highest BCUT2D eigenvalue weighted by Crippen LogP contribution is 2.30. The summed E-state index contributed by atoms with van der Waals surface area (Å²) in [6, 6.07) is 5.88. The van der Waals surface area contributed by atoms with Crippen LogP contribution in [0.3, 0.4) is 0 Å². The van der Waals surface area contributed by atoms with Gasteiger partial charge in [0.15, 0.2) is 0 Å². The summed E-state index contributed by atoms with van der Waals surface area (Å²) in [4.78, 5) is 4.40. The molecule has 0 saturated carbocycles. The summed E-state index contributed by atoms with van der Waals surface area (Å²) < 4.78 is 6.67. The maximum Gasteiger partial charge on any atom is 0.139 e. The predicted molar refractivity (Wildman–Crippen MR) is 64.8 cm³/mol. The van der Waals surface area contributed by atoms with E-state index in [1.165, 1.54) is 5.54 Å². The third kappa shape index (κ3) is 2.30. The van der Waals surface area contributed by atoms with Crippen molar-refractivity contribution in [3.8, 4) is 5.75 Å². The SMILES string of the molecule is Cc1nc2cccc(OCC=CCl)c2s1. The molecule has 78 valence electrons. The van der Waals surface area contributed by atoms with E-state index >= 15 is 0 Å². The fraction of sp³-hybridized carbons (Fsp3) is 0.182. The minimum absolute atomic E-state index is 0.486. The van der Waals surface area contributed by atoms with E-state index in [1.807, 2.05) is 25.1 Å². The lowest BCUT2D eigenvalue weighted by Gasteiger charge is -2.02. The Morgan fingerprint density at radius 2 is 2.40 bits per heavy atom. The highest BCUT2D eigenvalue weighted by Gasteiger charge is 2.05. The van der Waals surface area contributed by atoms with E-state index in [0.29, 0.717) is 6.61 Å². The molecule has 0 N–H and O–H groups in total. The number of hydrogen-bond acceptors (Lipinski definition) is 3. The normalized spacial score (nSPS) is 11.3. The number of rotatable bonds is 3. The quantitative estimate of drug-likeness (QED) is 0.814. The van der Waals surface area contributed by atoms with Gasteiger partial charge in [-0.05, 0) is 25.1 Å². The summed E-state index contributed by atoms with van der Waals surface area (Å²) in [6.45, 7) is 2.48. The maximum atomic E-state index is 5.57. The van der Waals surface area contributed by atoms with Gasteiger partial charge in [-0.2, -0.15) is 0 Å². The topological polar surface area (TPSA) is 22.1 Å². The number of hydrogen-bond donors (Lipinski definition) is 0. The molecular formula is C11H10ClNOS. The minimum Gasteiger partial charge on any atom is -0.488 e. The van der Waals surface area contributed by atoms with Crippen molar-refractivity contribution in [3.05, 3.63) is 34.8 Å². The molecule has 4 heteroatoms. The first-order valence-electron chi connectivity index (χ1n) is 4.55. The molecule has 1 heterocycles. The number of nitrogens with zero attached hydrogens (tertiary/aromatic N) is 1. The summed E-state index contributed by atoms with van der Waals surface area (Å²) in [5.41, 5.74) is 2.45. The van der Waals surface area contributed by atoms with Gasteiger partial charge in [0.05, 0.1) is 15.2 Å². The first-order valence-corrected chi connectivity index (χ1v) is 5.81. The zero-order valence-electron chi connectivity index (χ0n) is 8.24. The number of aromatic nitrogens is 1. The van der Waals surface area contributed by atoms with Gasteiger partial charge >= 0.3 is 0 Å². The van der Waals surface area contributed by atoms with E-state index in [2.05, 4.69) is 4.98 Å². The Labute approximate surface area is 97.2 Å². The summed E-state index contributed by atoms with van der Waals surface area (Å²) >= 11 is 7.06. The van der Waals surface area contributed by atoms with Gasteiger partial charge in [-0.15, -0.1) is 11.3 Å². The van der Waals surface area contributed by atoms with Gasteiger partial charge in [0.25, 0.3) is 0 Å². The Morgan fingerprint density at radius 3 is 3.20 bits per heavy atom. The van der Waals surface area contributed by atoms with Crippen molar-refractivity contribution in [2.75, 3.05) is 6.61 Å². The first-order chi connectivity index (χ1) is 7.31. The molecule has 0 unspecified atom stereocenters. The van der Waals surface area contributed by atoms with Crippen molar-refractivity contribution in [1.29, 1.82) is 0 Å². The summed E-state index contributed by atoms with van der Waals surface area (Å²) in [6.07, 6.45) is 1.76. The van der Waals surface area contributed by atoms with E-state index in [0.717, 1.165) is 21.0 Å². The van der Waals surface area contributed by atoms with E-state index in [4.69, 9.17) is 16.3 Å². The zero-order chi connectivity index (χ0) is 10.7. The molecule has 0 atom stereocenters. The molecule has 0 radical (unpaired) electrons. The van der Waals surface area contributed by atoms with Crippen LogP contribution >= 0.6 is 22.9 Å². The molecule has 15 heavy (non-hydrogen) atoms. The molecule has 1 aromatic heterocycles. The number of benzene rings is 1. The Kier molecular flexibility index (Phi) is 3.23. The van der Waals surface area contributed by atoms with Crippen LogP contribution < -0.4 is 4.74 Å². The summed E-state index contributed by atoms with van der Waals surface area (Å²) in [5, 5.41) is 1.05. The number of halogens is 1. The van der Waals surface area contributed by atoms with E-state index in [-0.39, 0.29) is 0 Å². The van der Waals surface area contributed by atoms with Crippen molar-refractivity contribution in [2.45, 2.75) is 6.92 Å². The van der Waals surface area contributed by atoms with Crippen LogP contribution in [0.5, 0.6) is 5.75 Å². The third-order valence-electron chi connectivity index (χ3n) is 1.91. The largest absolute Gasteiger partial charge is 0.488 e. The first kappa shape index (κ1) is 10.5. The van der Waals surface area contributed by atoms with Gasteiger partial charge in [-0.1, -0.05) is 17.7 Å². The molecule has 2 aromatic rings. The average molecular weight is 240 g/mol. The maximum absolute atomic E-state index is 5.57. The predicted octanol–water partition coefficient (Wildman–Crippen LogP) is 3.74. The standard InChI is InChI=1S/C11H10ClNOS/c1-8-13-9-4-2-5-10(11(9)15-8)14-7-3-6-12/h2-6H,7H2,1H3. The molecular weight excluding hydrogens is 230 g/mol. The minimum atomic E-state index is 0.486. The molecule has 0 aliphatic heterocycles. The van der Waals surface area contributed by atoms with Crippen LogP contribution in [0.1, 0.15) is 5.01 Å². The number of aryl methyl sites for hydroxylation is 1. The lowest BCUT2D eigenvalue weighted by Crippen LogP contribution is -1.92. The molecule has 0 fully saturated rings. The van der Waals surface area contributed by atoms with Crippen LogP contribution in [0.15, 0.2) is 29.8 Å². The Hall–Kier alpha value is -1.06. The second-order valence-electron chi connectivity index (χ2n) is 3.01. The van der Waals surface area contributed by atoms with Crippen LogP contribution in [-0.4, -0.2) is 11.6 Å². The second-order valence-corrected chi connectivity index (χ2v) is 4.47. The summed E-state index contributed by atoms with van der Waals surface area (Å²) in [7, 11) is 0. The van der Waals surface area contributed by atoms with Gasteiger partial charge in [0, 0.05) is 5.54 Å². The highest BCUT2D eigenvalue weighted by atomic mass is 35.5. The van der Waals surface area contributed by atoms with Crippen molar-refractivity contribution in [1.82, 2.24) is 4.98 Å². The van der Waals surface area contributed by atoms with E-state index in [9.17, 15) is 0 Å². The zero-order valence-corrected chi connectivity index (χ0v) is 9.81. The molecule has 0 aliphatic rings. The van der Waals surface area contributed by atoms with Gasteiger partial charge in [-0.3, -0.25) is 0 Å². The lowest BCUT2D eigenvalue weighted by molar-refractivity contribution is 0.368. The fourth-order valence-corrected chi connectivity index (χ4v) is 2.28.